The molecule has 0 unspecified atom stereocenters. The Morgan fingerprint density at radius 3 is 2.28 bits per heavy atom. The van der Waals surface area contributed by atoms with Crippen molar-refractivity contribution in [2.24, 2.45) is 10.4 Å². The molecule has 0 fully saturated rings. The van der Waals surface area contributed by atoms with Crippen LogP contribution in [0.1, 0.15) is 46.6 Å². The van der Waals surface area contributed by atoms with Crippen molar-refractivity contribution in [1.29, 1.82) is 0 Å². The highest BCUT2D eigenvalue weighted by molar-refractivity contribution is 5.83. The Balaban J connectivity index is 2.85. The molecule has 0 amide bonds. The van der Waals surface area contributed by atoms with Crippen molar-refractivity contribution in [3.63, 3.8) is 0 Å². The van der Waals surface area contributed by atoms with Crippen LogP contribution in [-0.4, -0.2) is 18.9 Å². The van der Waals surface area contributed by atoms with Crippen molar-refractivity contribution in [2.75, 3.05) is 7.11 Å². The minimum Gasteiger partial charge on any atom is -0.496 e. The van der Waals surface area contributed by atoms with Gasteiger partial charge in [0.15, 0.2) is 0 Å². The van der Waals surface area contributed by atoms with Crippen molar-refractivity contribution in [3.8, 4) is 5.75 Å². The summed E-state index contributed by atoms with van der Waals surface area (Å²) in [4.78, 5) is 4.72. The summed E-state index contributed by atoms with van der Waals surface area (Å²) >= 11 is 0. The number of rotatable bonds is 4. The van der Waals surface area contributed by atoms with Crippen LogP contribution in [0.3, 0.4) is 0 Å². The summed E-state index contributed by atoms with van der Waals surface area (Å²) in [6, 6.07) is 7.95. The monoisotopic (exact) mass is 247 g/mol. The first-order chi connectivity index (χ1) is 8.23. The van der Waals surface area contributed by atoms with E-state index in [0.717, 1.165) is 17.7 Å². The number of benzene rings is 1. The minimum atomic E-state index is -0.0564. The van der Waals surface area contributed by atoms with Crippen LogP contribution < -0.4 is 4.74 Å². The molecule has 1 aromatic rings. The van der Waals surface area contributed by atoms with Crippen LogP contribution in [0, 0.1) is 5.41 Å². The molecule has 0 atom stereocenters. The molecule has 0 spiro atoms. The Morgan fingerprint density at radius 2 is 1.72 bits per heavy atom. The molecule has 0 saturated heterocycles. The van der Waals surface area contributed by atoms with Gasteiger partial charge in [0.1, 0.15) is 5.75 Å². The normalized spacial score (nSPS) is 13.0. The Morgan fingerprint density at radius 1 is 1.11 bits per heavy atom. The minimum absolute atomic E-state index is 0.0564. The highest BCUT2D eigenvalue weighted by Crippen LogP contribution is 2.29. The van der Waals surface area contributed by atoms with Gasteiger partial charge in [-0.15, -0.1) is 0 Å². The first-order valence-corrected chi connectivity index (χ1v) is 6.42. The molecule has 18 heavy (non-hydrogen) atoms. The molecule has 0 aliphatic heterocycles. The molecule has 100 valence electrons. The zero-order valence-electron chi connectivity index (χ0n) is 12.4. The fraction of sp³-hybridized carbons (Fsp3) is 0.562. The molecular weight excluding hydrogens is 222 g/mol. The van der Waals surface area contributed by atoms with Gasteiger partial charge < -0.3 is 4.74 Å². The maximum atomic E-state index is 5.32. The van der Waals surface area contributed by atoms with Gasteiger partial charge in [-0.2, -0.15) is 0 Å². The molecule has 2 nitrogen and oxygen atoms in total. The number of aliphatic imine (C=N–C) groups is 1. The van der Waals surface area contributed by atoms with Gasteiger partial charge in [0.2, 0.25) is 0 Å². The van der Waals surface area contributed by atoms with Gasteiger partial charge in [0, 0.05) is 11.8 Å². The zero-order valence-corrected chi connectivity index (χ0v) is 12.4. The zero-order chi connectivity index (χ0) is 13.8. The lowest BCUT2D eigenvalue weighted by Gasteiger charge is -2.29. The van der Waals surface area contributed by atoms with Gasteiger partial charge in [-0.05, 0) is 37.8 Å². The summed E-state index contributed by atoms with van der Waals surface area (Å²) in [7, 11) is 1.69. The Labute approximate surface area is 111 Å². The van der Waals surface area contributed by atoms with Gasteiger partial charge in [0.25, 0.3) is 0 Å². The summed E-state index contributed by atoms with van der Waals surface area (Å²) in [5, 5.41) is 0. The summed E-state index contributed by atoms with van der Waals surface area (Å²) in [5.41, 5.74) is 1.25. The van der Waals surface area contributed by atoms with Gasteiger partial charge >= 0.3 is 0 Å². The smallest absolute Gasteiger partial charge is 0.127 e. The highest BCUT2D eigenvalue weighted by Gasteiger charge is 2.24. The quantitative estimate of drug-likeness (QED) is 0.726. The third-order valence-electron chi connectivity index (χ3n) is 2.65. The van der Waals surface area contributed by atoms with Crippen molar-refractivity contribution in [3.05, 3.63) is 29.8 Å². The molecule has 0 saturated carbocycles. The maximum Gasteiger partial charge on any atom is 0.127 e. The second kappa shape index (κ2) is 5.55. The van der Waals surface area contributed by atoms with E-state index >= 15 is 0 Å². The fourth-order valence-electron chi connectivity index (χ4n) is 2.36. The van der Waals surface area contributed by atoms with Crippen molar-refractivity contribution < 1.29 is 4.74 Å². The molecule has 2 heteroatoms. The average Bonchev–Trinajstić information content (AvgIpc) is 2.23. The Hall–Kier alpha value is -1.31. The van der Waals surface area contributed by atoms with Crippen LogP contribution in [0.15, 0.2) is 29.3 Å². The molecule has 0 heterocycles. The van der Waals surface area contributed by atoms with E-state index in [-0.39, 0.29) is 11.0 Å². The van der Waals surface area contributed by atoms with E-state index in [4.69, 9.17) is 9.73 Å². The SMILES string of the molecule is COc1ccccc1C=NC(C)(C)CC(C)(C)C. The van der Waals surface area contributed by atoms with Crippen LogP contribution in [0.25, 0.3) is 0 Å². The summed E-state index contributed by atoms with van der Waals surface area (Å²) in [6.07, 6.45) is 2.97. The third-order valence-corrected chi connectivity index (χ3v) is 2.65. The van der Waals surface area contributed by atoms with Crippen LogP contribution in [0.2, 0.25) is 0 Å². The lowest BCUT2D eigenvalue weighted by molar-refractivity contribution is 0.289. The number of hydrogen-bond donors (Lipinski definition) is 0. The van der Waals surface area contributed by atoms with E-state index in [1.807, 2.05) is 30.5 Å². The van der Waals surface area contributed by atoms with E-state index in [1.54, 1.807) is 7.11 Å². The Bertz CT molecular complexity index is 413. The molecule has 0 aliphatic carbocycles. The molecule has 1 rings (SSSR count). The summed E-state index contributed by atoms with van der Waals surface area (Å²) in [5.74, 6) is 0.868. The van der Waals surface area contributed by atoms with Crippen molar-refractivity contribution >= 4 is 6.21 Å². The van der Waals surface area contributed by atoms with Crippen LogP contribution in [-0.2, 0) is 0 Å². The lowest BCUT2D eigenvalue weighted by Crippen LogP contribution is -2.25. The number of hydrogen-bond acceptors (Lipinski definition) is 2. The summed E-state index contributed by atoms with van der Waals surface area (Å²) in [6.45, 7) is 11.1. The van der Waals surface area contributed by atoms with E-state index in [2.05, 4.69) is 34.6 Å². The predicted octanol–water partition coefficient (Wildman–Crippen LogP) is 4.33. The van der Waals surface area contributed by atoms with Gasteiger partial charge in [-0.3, -0.25) is 4.99 Å². The number of ether oxygens (including phenoxy) is 1. The van der Waals surface area contributed by atoms with Crippen molar-refractivity contribution in [1.82, 2.24) is 0 Å². The second-order valence-electron chi connectivity index (χ2n) is 6.55. The van der Waals surface area contributed by atoms with Gasteiger partial charge in [-0.25, -0.2) is 0 Å². The van der Waals surface area contributed by atoms with Crippen LogP contribution >= 0.6 is 0 Å². The van der Waals surface area contributed by atoms with E-state index in [0.29, 0.717) is 0 Å². The first-order valence-electron chi connectivity index (χ1n) is 6.42. The van der Waals surface area contributed by atoms with Gasteiger partial charge in [0.05, 0.1) is 12.6 Å². The van der Waals surface area contributed by atoms with E-state index in [9.17, 15) is 0 Å². The molecule has 0 bridgehead atoms. The Kier molecular flexibility index (Phi) is 4.55. The maximum absolute atomic E-state index is 5.32. The standard InChI is InChI=1S/C16H25NO/c1-15(2,3)12-16(4,5)17-11-13-9-7-8-10-14(13)18-6/h7-11H,12H2,1-6H3. The number of para-hydroxylation sites is 1. The third kappa shape index (κ3) is 4.91. The topological polar surface area (TPSA) is 21.6 Å². The largest absolute Gasteiger partial charge is 0.496 e. The molecule has 0 aromatic heterocycles. The average molecular weight is 247 g/mol. The van der Waals surface area contributed by atoms with Crippen LogP contribution in [0.5, 0.6) is 5.75 Å². The summed E-state index contributed by atoms with van der Waals surface area (Å²) < 4.78 is 5.32. The number of methoxy groups -OCH3 is 1. The predicted molar refractivity (Wildman–Crippen MR) is 78.7 cm³/mol. The lowest BCUT2D eigenvalue weighted by atomic mass is 9.82. The van der Waals surface area contributed by atoms with E-state index in [1.165, 1.54) is 0 Å². The van der Waals surface area contributed by atoms with Gasteiger partial charge in [-0.1, -0.05) is 32.9 Å². The molecule has 0 N–H and O–H groups in total. The number of nitrogens with zero attached hydrogens (tertiary/aromatic N) is 1. The second-order valence-corrected chi connectivity index (χ2v) is 6.55. The molecule has 0 radical (unpaired) electrons. The highest BCUT2D eigenvalue weighted by atomic mass is 16.5. The molecule has 1 aromatic carbocycles. The first kappa shape index (κ1) is 14.7. The fourth-order valence-corrected chi connectivity index (χ4v) is 2.36. The van der Waals surface area contributed by atoms with Crippen LogP contribution in [0.4, 0.5) is 0 Å². The molecule has 0 aliphatic rings. The molecular formula is C16H25NO. The van der Waals surface area contributed by atoms with Crippen molar-refractivity contribution in [2.45, 2.75) is 46.6 Å². The van der Waals surface area contributed by atoms with E-state index < -0.39 is 0 Å².